The average Bonchev–Trinajstić information content (AvgIpc) is 2.83. The summed E-state index contributed by atoms with van der Waals surface area (Å²) in [5.41, 5.74) is -0.916. The van der Waals surface area contributed by atoms with Gasteiger partial charge >= 0.3 is 0 Å². The zero-order valence-corrected chi connectivity index (χ0v) is 17.7. The lowest BCUT2D eigenvalue weighted by atomic mass is 9.99. The van der Waals surface area contributed by atoms with E-state index in [1.54, 1.807) is 0 Å². The Morgan fingerprint density at radius 3 is 2.26 bits per heavy atom. The van der Waals surface area contributed by atoms with Crippen LogP contribution in [0.2, 0.25) is 0 Å². The number of aromatic hydroxyl groups is 3. The predicted octanol–water partition coefficient (Wildman–Crippen LogP) is -0.236. The van der Waals surface area contributed by atoms with Crippen molar-refractivity contribution in [2.24, 2.45) is 0 Å². The van der Waals surface area contributed by atoms with Crippen LogP contribution in [0.3, 0.4) is 0 Å². The fourth-order valence-electron chi connectivity index (χ4n) is 3.63. The molecular formula is C22H22O12. The van der Waals surface area contributed by atoms with Gasteiger partial charge in [-0.2, -0.15) is 0 Å². The number of hydrogen-bond acceptors (Lipinski definition) is 12. The molecule has 0 radical (unpaired) electrons. The van der Waals surface area contributed by atoms with Gasteiger partial charge in [0, 0.05) is 11.6 Å². The van der Waals surface area contributed by atoms with Crippen LogP contribution in [-0.2, 0) is 4.74 Å². The Hall–Kier alpha value is -3.55. The van der Waals surface area contributed by atoms with Gasteiger partial charge in [0.1, 0.15) is 41.1 Å². The van der Waals surface area contributed by atoms with Gasteiger partial charge in [-0.3, -0.25) is 4.79 Å². The van der Waals surface area contributed by atoms with Crippen molar-refractivity contribution in [3.63, 3.8) is 0 Å². The lowest BCUT2D eigenvalue weighted by Gasteiger charge is -2.39. The zero-order valence-electron chi connectivity index (χ0n) is 17.7. The molecule has 0 amide bonds. The van der Waals surface area contributed by atoms with Gasteiger partial charge in [0.05, 0.1) is 13.7 Å². The molecule has 1 saturated heterocycles. The molecule has 7 N–H and O–H groups in total. The van der Waals surface area contributed by atoms with Crippen LogP contribution in [-0.4, -0.2) is 80.2 Å². The molecule has 5 atom stereocenters. The van der Waals surface area contributed by atoms with Gasteiger partial charge in [0.15, 0.2) is 17.3 Å². The Balaban J connectivity index is 1.92. The van der Waals surface area contributed by atoms with E-state index in [2.05, 4.69) is 0 Å². The molecule has 34 heavy (non-hydrogen) atoms. The molecule has 2 heterocycles. The van der Waals surface area contributed by atoms with E-state index in [1.165, 1.54) is 37.4 Å². The highest BCUT2D eigenvalue weighted by molar-refractivity contribution is 5.91. The fraction of sp³-hybridized carbons (Fsp3) is 0.318. The first-order valence-corrected chi connectivity index (χ1v) is 10.0. The standard InChI is InChI=1S/C22H22O12/c1-31-11-6-10-13(16(27)14(11)25)17(28)21(20(32-10)8-2-4-9(24)5-3-8)34-22-19(30)18(29)15(26)12(7-23)33-22/h2-6,12,15,18-19,22-27,29-30H,7H2,1H3/t12-,15-,18+,19-,22+/m1/s1. The smallest absolute Gasteiger partial charge is 0.239 e. The molecule has 0 aliphatic carbocycles. The summed E-state index contributed by atoms with van der Waals surface area (Å²) >= 11 is 0. The molecular weight excluding hydrogens is 456 g/mol. The van der Waals surface area contributed by atoms with Gasteiger partial charge in [-0.15, -0.1) is 0 Å². The number of rotatable bonds is 5. The third-order valence-electron chi connectivity index (χ3n) is 5.49. The summed E-state index contributed by atoms with van der Waals surface area (Å²) in [6.45, 7) is -0.726. The minimum atomic E-state index is -1.83. The van der Waals surface area contributed by atoms with Crippen LogP contribution < -0.4 is 14.9 Å². The third-order valence-corrected chi connectivity index (χ3v) is 5.49. The molecule has 0 unspecified atom stereocenters. The molecule has 12 nitrogen and oxygen atoms in total. The molecule has 3 aromatic rings. The molecule has 0 spiro atoms. The third kappa shape index (κ3) is 3.87. The molecule has 0 bridgehead atoms. The van der Waals surface area contributed by atoms with Gasteiger partial charge in [0.2, 0.25) is 23.2 Å². The molecule has 1 aliphatic heterocycles. The number of aliphatic hydroxyl groups is 4. The average molecular weight is 478 g/mol. The fourth-order valence-corrected chi connectivity index (χ4v) is 3.63. The number of methoxy groups -OCH3 is 1. The van der Waals surface area contributed by atoms with Gasteiger partial charge in [0.25, 0.3) is 0 Å². The zero-order chi connectivity index (χ0) is 24.7. The maximum absolute atomic E-state index is 13.4. The van der Waals surface area contributed by atoms with E-state index in [-0.39, 0.29) is 28.4 Å². The molecule has 0 saturated carbocycles. The SMILES string of the molecule is COc1cc2oc(-c3ccc(O)cc3)c(O[C@@H]3O[C@H](CO)[C@@H](O)[C@H](O)[C@H]3O)c(=O)c2c(O)c1O. The van der Waals surface area contributed by atoms with Crippen LogP contribution in [0.25, 0.3) is 22.3 Å². The second-order valence-electron chi connectivity index (χ2n) is 7.60. The van der Waals surface area contributed by atoms with Crippen LogP contribution in [0.15, 0.2) is 39.5 Å². The van der Waals surface area contributed by atoms with Crippen molar-refractivity contribution >= 4 is 11.0 Å². The highest BCUT2D eigenvalue weighted by atomic mass is 16.7. The van der Waals surface area contributed by atoms with Crippen molar-refractivity contribution < 1.29 is 54.4 Å². The largest absolute Gasteiger partial charge is 0.508 e. The molecule has 182 valence electrons. The summed E-state index contributed by atoms with van der Waals surface area (Å²) in [6, 6.07) is 6.60. The first-order chi connectivity index (χ1) is 16.2. The summed E-state index contributed by atoms with van der Waals surface area (Å²) < 4.78 is 21.7. The van der Waals surface area contributed by atoms with Crippen LogP contribution in [0.5, 0.6) is 28.7 Å². The maximum atomic E-state index is 13.4. The van der Waals surface area contributed by atoms with Gasteiger partial charge in [-0.05, 0) is 24.3 Å². The molecule has 1 aliphatic rings. The van der Waals surface area contributed by atoms with Crippen LogP contribution in [0.1, 0.15) is 0 Å². The van der Waals surface area contributed by atoms with E-state index >= 15 is 0 Å². The van der Waals surface area contributed by atoms with E-state index in [1.807, 2.05) is 0 Å². The number of benzene rings is 2. The highest BCUT2D eigenvalue weighted by Crippen LogP contribution is 2.43. The molecule has 12 heteroatoms. The van der Waals surface area contributed by atoms with Crippen LogP contribution in [0.4, 0.5) is 0 Å². The van der Waals surface area contributed by atoms with Gasteiger partial charge < -0.3 is 54.4 Å². The number of phenols is 3. The maximum Gasteiger partial charge on any atom is 0.239 e. The van der Waals surface area contributed by atoms with Crippen LogP contribution in [0, 0.1) is 0 Å². The van der Waals surface area contributed by atoms with Gasteiger partial charge in [-0.1, -0.05) is 0 Å². The van der Waals surface area contributed by atoms with Crippen molar-refractivity contribution in [2.45, 2.75) is 30.7 Å². The second kappa shape index (κ2) is 9.00. The minimum absolute atomic E-state index is 0.0764. The summed E-state index contributed by atoms with van der Waals surface area (Å²) in [4.78, 5) is 13.4. The van der Waals surface area contributed by atoms with Crippen molar-refractivity contribution in [2.75, 3.05) is 13.7 Å². The molecule has 1 fully saturated rings. The first kappa shape index (κ1) is 23.6. The molecule has 4 rings (SSSR count). The number of fused-ring (bicyclic) bond motifs is 1. The Morgan fingerprint density at radius 2 is 1.65 bits per heavy atom. The Kier molecular flexibility index (Phi) is 6.25. The number of aliphatic hydroxyl groups excluding tert-OH is 4. The van der Waals surface area contributed by atoms with Crippen molar-refractivity contribution in [1.29, 1.82) is 0 Å². The Labute approximate surface area is 191 Å². The topological polar surface area (TPSA) is 200 Å². The predicted molar refractivity (Wildman–Crippen MR) is 114 cm³/mol. The number of ether oxygens (including phenoxy) is 3. The van der Waals surface area contributed by atoms with Crippen molar-refractivity contribution in [3.05, 3.63) is 40.6 Å². The number of phenolic OH excluding ortho intramolecular Hbond substituents is 3. The minimum Gasteiger partial charge on any atom is -0.508 e. The number of hydrogen-bond donors (Lipinski definition) is 7. The summed E-state index contributed by atoms with van der Waals surface area (Å²) in [5, 5.41) is 69.5. The van der Waals surface area contributed by atoms with E-state index in [4.69, 9.17) is 18.6 Å². The van der Waals surface area contributed by atoms with E-state index in [0.717, 1.165) is 0 Å². The molecule has 1 aromatic heterocycles. The van der Waals surface area contributed by atoms with E-state index < -0.39 is 65.4 Å². The van der Waals surface area contributed by atoms with Crippen molar-refractivity contribution in [1.82, 2.24) is 0 Å². The van der Waals surface area contributed by atoms with E-state index in [9.17, 15) is 40.5 Å². The van der Waals surface area contributed by atoms with E-state index in [0.29, 0.717) is 0 Å². The Bertz CT molecular complexity index is 1250. The Morgan fingerprint density at radius 1 is 0.971 bits per heavy atom. The van der Waals surface area contributed by atoms with Crippen molar-refractivity contribution in [3.8, 4) is 40.1 Å². The highest BCUT2D eigenvalue weighted by Gasteiger charge is 2.45. The summed E-state index contributed by atoms with van der Waals surface area (Å²) in [6.07, 6.45) is -8.31. The normalized spacial score (nSPS) is 24.8. The molecule has 2 aromatic carbocycles. The summed E-state index contributed by atoms with van der Waals surface area (Å²) in [5.74, 6) is -2.61. The first-order valence-electron chi connectivity index (χ1n) is 10.0. The summed E-state index contributed by atoms with van der Waals surface area (Å²) in [7, 11) is 1.23. The lowest BCUT2D eigenvalue weighted by molar-refractivity contribution is -0.277. The monoisotopic (exact) mass is 478 g/mol. The van der Waals surface area contributed by atoms with Gasteiger partial charge in [-0.25, -0.2) is 0 Å². The lowest BCUT2D eigenvalue weighted by Crippen LogP contribution is -2.60. The van der Waals surface area contributed by atoms with Crippen LogP contribution >= 0.6 is 0 Å². The quantitative estimate of drug-likeness (QED) is 0.238. The second-order valence-corrected chi connectivity index (χ2v) is 7.60.